The Morgan fingerprint density at radius 1 is 1.09 bits per heavy atom. The Hall–Kier alpha value is -2.79. The number of nitrogens with one attached hydrogen (secondary N) is 2. The molecule has 0 aliphatic heterocycles. The molecule has 2 unspecified atom stereocenters. The van der Waals surface area contributed by atoms with Gasteiger partial charge in [-0.25, -0.2) is 8.42 Å². The molecule has 9 nitrogen and oxygen atoms in total. The van der Waals surface area contributed by atoms with E-state index in [4.69, 9.17) is 4.74 Å². The lowest BCUT2D eigenvalue weighted by atomic mass is 10.1. The lowest BCUT2D eigenvalue weighted by molar-refractivity contribution is -0.122. The number of carbonyl (C=O) groups excluding carboxylic acids is 2. The lowest BCUT2D eigenvalue weighted by Gasteiger charge is -2.19. The van der Waals surface area contributed by atoms with E-state index in [0.29, 0.717) is 5.69 Å². The molecule has 2 atom stereocenters. The lowest BCUT2D eigenvalue weighted by Crippen LogP contribution is -2.41. The number of hydrogen-bond donors (Lipinski definition) is 3. The second kappa shape index (κ2) is 11.7. The minimum absolute atomic E-state index is 0.00904. The third-order valence-electron chi connectivity index (χ3n) is 4.59. The Kier molecular flexibility index (Phi) is 9.33. The molecule has 0 bridgehead atoms. The quantitative estimate of drug-likeness (QED) is 0.464. The molecule has 0 heterocycles. The van der Waals surface area contributed by atoms with Crippen LogP contribution in [0.5, 0.6) is 0 Å². The maximum absolute atomic E-state index is 12.6. The third-order valence-corrected chi connectivity index (χ3v) is 6.41. The van der Waals surface area contributed by atoms with Crippen molar-refractivity contribution in [2.24, 2.45) is 0 Å². The van der Waals surface area contributed by atoms with Crippen molar-refractivity contribution in [3.05, 3.63) is 60.2 Å². The molecule has 0 fully saturated rings. The summed E-state index contributed by atoms with van der Waals surface area (Å²) in [5.74, 6) is -0.822. The topological polar surface area (TPSA) is 125 Å². The normalized spacial score (nSPS) is 13.4. The van der Waals surface area contributed by atoms with Crippen molar-refractivity contribution in [3.8, 4) is 0 Å². The molecule has 0 aliphatic carbocycles. The molecule has 0 aromatic heterocycles. The molecule has 0 saturated carbocycles. The number of anilines is 1. The van der Waals surface area contributed by atoms with Crippen LogP contribution in [0.2, 0.25) is 0 Å². The summed E-state index contributed by atoms with van der Waals surface area (Å²) in [7, 11) is -2.61. The zero-order valence-corrected chi connectivity index (χ0v) is 19.1. The molecule has 2 aromatic rings. The number of benzene rings is 2. The Morgan fingerprint density at radius 2 is 1.72 bits per heavy atom. The predicted molar refractivity (Wildman–Crippen MR) is 120 cm³/mol. The molecule has 174 valence electrons. The van der Waals surface area contributed by atoms with Crippen molar-refractivity contribution in [1.29, 1.82) is 0 Å². The largest absolute Gasteiger partial charge is 0.389 e. The van der Waals surface area contributed by atoms with Crippen LogP contribution in [0.4, 0.5) is 5.69 Å². The number of aliphatic hydroxyl groups is 1. The van der Waals surface area contributed by atoms with Crippen LogP contribution in [0, 0.1) is 0 Å². The van der Waals surface area contributed by atoms with Gasteiger partial charge in [-0.3, -0.25) is 9.59 Å². The highest BCUT2D eigenvalue weighted by molar-refractivity contribution is 7.89. The molecule has 0 spiro atoms. The van der Waals surface area contributed by atoms with E-state index in [2.05, 4.69) is 10.6 Å². The monoisotopic (exact) mass is 463 g/mol. The number of ether oxygens (including phenoxy) is 1. The van der Waals surface area contributed by atoms with Gasteiger partial charge in [-0.05, 0) is 36.8 Å². The molecule has 3 N–H and O–H groups in total. The first-order chi connectivity index (χ1) is 15.1. The van der Waals surface area contributed by atoms with E-state index >= 15 is 0 Å². The van der Waals surface area contributed by atoms with Crippen molar-refractivity contribution in [2.75, 3.05) is 32.1 Å². The van der Waals surface area contributed by atoms with Gasteiger partial charge in [-0.2, -0.15) is 4.31 Å². The van der Waals surface area contributed by atoms with Crippen LogP contribution >= 0.6 is 0 Å². The van der Waals surface area contributed by atoms with Gasteiger partial charge >= 0.3 is 0 Å². The fraction of sp³-hybridized carbons (Fsp3) is 0.364. The first kappa shape index (κ1) is 25.5. The van der Waals surface area contributed by atoms with Gasteiger partial charge in [0.1, 0.15) is 0 Å². The van der Waals surface area contributed by atoms with Crippen molar-refractivity contribution in [3.63, 3.8) is 0 Å². The second-order valence-corrected chi connectivity index (χ2v) is 9.36. The van der Waals surface area contributed by atoms with Crippen molar-refractivity contribution in [2.45, 2.75) is 31.0 Å². The third kappa shape index (κ3) is 7.72. The summed E-state index contributed by atoms with van der Waals surface area (Å²) in [6.07, 6.45) is -1.15. The van der Waals surface area contributed by atoms with Crippen LogP contribution in [-0.4, -0.2) is 62.5 Å². The number of rotatable bonds is 11. The number of carbonyl (C=O) groups is 2. The first-order valence-electron chi connectivity index (χ1n) is 10.0. The van der Waals surface area contributed by atoms with Crippen molar-refractivity contribution < 1.29 is 27.9 Å². The van der Waals surface area contributed by atoms with Gasteiger partial charge in [0.25, 0.3) is 0 Å². The minimum Gasteiger partial charge on any atom is -0.389 e. The maximum atomic E-state index is 12.6. The van der Waals surface area contributed by atoms with E-state index in [1.54, 1.807) is 0 Å². The van der Waals surface area contributed by atoms with Gasteiger partial charge in [0.05, 0.1) is 30.3 Å². The molecular weight excluding hydrogens is 434 g/mol. The summed E-state index contributed by atoms with van der Waals surface area (Å²) < 4.78 is 31.8. The molecule has 0 radical (unpaired) electrons. The fourth-order valence-electron chi connectivity index (χ4n) is 2.80. The zero-order valence-electron chi connectivity index (χ0n) is 18.3. The van der Waals surface area contributed by atoms with Gasteiger partial charge < -0.3 is 20.5 Å². The number of sulfonamides is 1. The van der Waals surface area contributed by atoms with Gasteiger partial charge in [0.2, 0.25) is 21.8 Å². The highest BCUT2D eigenvalue weighted by Crippen LogP contribution is 2.18. The number of amides is 2. The van der Waals surface area contributed by atoms with Crippen LogP contribution in [0.15, 0.2) is 59.5 Å². The van der Waals surface area contributed by atoms with Gasteiger partial charge in [0, 0.05) is 26.2 Å². The second-order valence-electron chi connectivity index (χ2n) is 7.31. The number of aliphatic hydroxyl groups excluding tert-OH is 1. The number of nitrogens with zero attached hydrogens (tertiary/aromatic N) is 1. The Bertz CT molecular complexity index is 996. The van der Waals surface area contributed by atoms with E-state index < -0.39 is 28.6 Å². The fourth-order valence-corrected chi connectivity index (χ4v) is 3.93. The standard InChI is InChI=1S/C22H29N3O6S/c1-16(18-7-5-4-6-8-18)31-15-20(27)13-23-22(28)14-25(3)32(29,30)21-11-9-19(10-12-21)24-17(2)26/h4-12,16,20,27H,13-15H2,1-3H3,(H,23,28)(H,24,26). The summed E-state index contributed by atoms with van der Waals surface area (Å²) >= 11 is 0. The average molecular weight is 464 g/mol. The van der Waals surface area contributed by atoms with Crippen LogP contribution in [-0.2, 0) is 24.3 Å². The molecule has 0 saturated heterocycles. The molecular formula is C22H29N3O6S. The van der Waals surface area contributed by atoms with E-state index in [-0.39, 0.29) is 30.1 Å². The number of hydrogen-bond acceptors (Lipinski definition) is 6. The van der Waals surface area contributed by atoms with Crippen LogP contribution < -0.4 is 10.6 Å². The van der Waals surface area contributed by atoms with Crippen molar-refractivity contribution >= 4 is 27.5 Å². The van der Waals surface area contributed by atoms with Crippen LogP contribution in [0.1, 0.15) is 25.5 Å². The van der Waals surface area contributed by atoms with Crippen LogP contribution in [0.25, 0.3) is 0 Å². The summed E-state index contributed by atoms with van der Waals surface area (Å²) in [6.45, 7) is 2.75. The van der Waals surface area contributed by atoms with Gasteiger partial charge in [-0.1, -0.05) is 30.3 Å². The van der Waals surface area contributed by atoms with E-state index in [1.807, 2.05) is 37.3 Å². The van der Waals surface area contributed by atoms with Gasteiger partial charge in [0.15, 0.2) is 0 Å². The smallest absolute Gasteiger partial charge is 0.243 e. The Balaban J connectivity index is 1.80. The summed E-state index contributed by atoms with van der Waals surface area (Å²) in [5, 5.41) is 15.1. The predicted octanol–water partition coefficient (Wildman–Crippen LogP) is 1.52. The zero-order chi connectivity index (χ0) is 23.7. The molecule has 2 amide bonds. The number of likely N-dealkylation sites (N-methyl/N-ethyl adjacent to an activating group) is 1. The molecule has 0 aliphatic rings. The Morgan fingerprint density at radius 3 is 2.31 bits per heavy atom. The summed E-state index contributed by atoms with van der Waals surface area (Å²) in [5.41, 5.74) is 1.44. The van der Waals surface area contributed by atoms with E-state index in [0.717, 1.165) is 9.87 Å². The van der Waals surface area contributed by atoms with Crippen molar-refractivity contribution in [1.82, 2.24) is 9.62 Å². The first-order valence-corrected chi connectivity index (χ1v) is 11.5. The molecule has 10 heteroatoms. The molecule has 2 aromatic carbocycles. The highest BCUT2D eigenvalue weighted by Gasteiger charge is 2.23. The summed E-state index contributed by atoms with van der Waals surface area (Å²) in [4.78, 5) is 23.2. The molecule has 2 rings (SSSR count). The van der Waals surface area contributed by atoms with E-state index in [1.165, 1.54) is 38.2 Å². The van der Waals surface area contributed by atoms with E-state index in [9.17, 15) is 23.1 Å². The Labute approximate surface area is 188 Å². The van der Waals surface area contributed by atoms with Gasteiger partial charge in [-0.15, -0.1) is 0 Å². The SMILES string of the molecule is CC(=O)Nc1ccc(S(=O)(=O)N(C)CC(=O)NCC(O)COC(C)c2ccccc2)cc1. The maximum Gasteiger partial charge on any atom is 0.243 e. The highest BCUT2D eigenvalue weighted by atomic mass is 32.2. The average Bonchev–Trinajstić information content (AvgIpc) is 2.76. The minimum atomic E-state index is -3.90. The molecule has 32 heavy (non-hydrogen) atoms. The summed E-state index contributed by atoms with van der Waals surface area (Å²) in [6, 6.07) is 15.2. The van der Waals surface area contributed by atoms with Crippen LogP contribution in [0.3, 0.4) is 0 Å².